The second-order valence-electron chi connectivity index (χ2n) is 2.73. The van der Waals surface area contributed by atoms with Gasteiger partial charge in [-0.15, -0.1) is 13.2 Å². The van der Waals surface area contributed by atoms with E-state index in [0.717, 1.165) is 18.2 Å². The van der Waals surface area contributed by atoms with Crippen LogP contribution in [0.4, 0.5) is 27.6 Å². The fourth-order valence-electron chi connectivity index (χ4n) is 0.995. The van der Waals surface area contributed by atoms with E-state index >= 15 is 0 Å². The number of halogens is 5. The maximum atomic E-state index is 12.0. The summed E-state index contributed by atoms with van der Waals surface area (Å²) in [4.78, 5) is 0. The molecule has 4 nitrogen and oxygen atoms in total. The van der Waals surface area contributed by atoms with E-state index in [1.807, 2.05) is 0 Å². The Hall–Kier alpha value is -1.77. The summed E-state index contributed by atoms with van der Waals surface area (Å²) in [6.45, 7) is -3.28. The van der Waals surface area contributed by atoms with Crippen LogP contribution < -0.4 is 20.7 Å². The highest BCUT2D eigenvalue weighted by Gasteiger charge is 2.32. The number of hydrazine groups is 1. The fourth-order valence-corrected chi connectivity index (χ4v) is 0.995. The Morgan fingerprint density at radius 2 is 1.82 bits per heavy atom. The number of hydrogen-bond donors (Lipinski definition) is 2. The number of ether oxygens (including phenoxy) is 2. The van der Waals surface area contributed by atoms with E-state index in [9.17, 15) is 22.0 Å². The number of nitrogens with one attached hydrogen (secondary N) is 1. The second-order valence-corrected chi connectivity index (χ2v) is 2.73. The summed E-state index contributed by atoms with van der Waals surface area (Å²) < 4.78 is 67.1. The predicted octanol–water partition coefficient (Wildman–Crippen LogP) is 2.47. The zero-order valence-electron chi connectivity index (χ0n) is 8.09. The molecule has 0 aliphatic heterocycles. The van der Waals surface area contributed by atoms with Gasteiger partial charge in [-0.3, -0.25) is 5.84 Å². The molecule has 0 saturated heterocycles. The van der Waals surface area contributed by atoms with Crippen LogP contribution in [-0.4, -0.2) is 13.0 Å². The van der Waals surface area contributed by atoms with Crippen LogP contribution in [0.15, 0.2) is 18.2 Å². The van der Waals surface area contributed by atoms with E-state index in [1.54, 1.807) is 0 Å². The van der Waals surface area contributed by atoms with Crippen LogP contribution in [0.3, 0.4) is 0 Å². The molecule has 17 heavy (non-hydrogen) atoms. The number of alkyl halides is 5. The van der Waals surface area contributed by atoms with Gasteiger partial charge >= 0.3 is 13.0 Å². The molecule has 0 unspecified atom stereocenters. The Morgan fingerprint density at radius 1 is 1.18 bits per heavy atom. The van der Waals surface area contributed by atoms with Gasteiger partial charge in [0.15, 0.2) is 11.5 Å². The van der Waals surface area contributed by atoms with E-state index in [1.165, 1.54) is 0 Å². The number of nitrogen functional groups attached to an aromatic ring is 1. The van der Waals surface area contributed by atoms with E-state index in [0.29, 0.717) is 0 Å². The molecule has 0 spiro atoms. The minimum atomic E-state index is -5.00. The minimum absolute atomic E-state index is 0.0928. The molecule has 0 amide bonds. The number of hydrogen-bond acceptors (Lipinski definition) is 4. The molecule has 0 aliphatic carbocycles. The number of anilines is 1. The smallest absolute Gasteiger partial charge is 0.431 e. The molecular formula is C8H7F5N2O2. The molecule has 1 rings (SSSR count). The van der Waals surface area contributed by atoms with Crippen LogP contribution in [0.25, 0.3) is 0 Å². The van der Waals surface area contributed by atoms with Crippen molar-refractivity contribution in [3.8, 4) is 11.5 Å². The van der Waals surface area contributed by atoms with Gasteiger partial charge in [-0.05, 0) is 12.1 Å². The molecule has 3 N–H and O–H groups in total. The summed E-state index contributed by atoms with van der Waals surface area (Å²) in [7, 11) is 0. The van der Waals surface area contributed by atoms with Crippen molar-refractivity contribution in [2.75, 3.05) is 5.43 Å². The van der Waals surface area contributed by atoms with Crippen molar-refractivity contribution in [3.05, 3.63) is 18.2 Å². The quantitative estimate of drug-likeness (QED) is 0.495. The van der Waals surface area contributed by atoms with Crippen LogP contribution in [0.1, 0.15) is 0 Å². The van der Waals surface area contributed by atoms with Gasteiger partial charge in [0.2, 0.25) is 0 Å². The molecule has 1 aromatic rings. The van der Waals surface area contributed by atoms with Gasteiger partial charge < -0.3 is 14.9 Å². The van der Waals surface area contributed by atoms with Crippen molar-refractivity contribution in [2.45, 2.75) is 13.0 Å². The molecule has 1 aromatic carbocycles. The van der Waals surface area contributed by atoms with Crippen molar-refractivity contribution in [1.29, 1.82) is 0 Å². The van der Waals surface area contributed by atoms with E-state index in [2.05, 4.69) is 14.9 Å². The maximum Gasteiger partial charge on any atom is 0.573 e. The highest BCUT2D eigenvalue weighted by atomic mass is 19.4. The van der Waals surface area contributed by atoms with Crippen molar-refractivity contribution in [3.63, 3.8) is 0 Å². The molecule has 0 fully saturated rings. The second kappa shape index (κ2) is 5.04. The van der Waals surface area contributed by atoms with E-state index < -0.39 is 24.5 Å². The SMILES string of the molecule is NNc1ccc(OC(F)(F)F)c(OC(F)F)c1. The van der Waals surface area contributed by atoms with E-state index in [4.69, 9.17) is 5.84 Å². The van der Waals surface area contributed by atoms with Crippen LogP contribution in [0, 0.1) is 0 Å². The molecule has 0 atom stereocenters. The molecule has 0 aromatic heterocycles. The molecule has 0 radical (unpaired) electrons. The zero-order valence-corrected chi connectivity index (χ0v) is 8.09. The molecular weight excluding hydrogens is 251 g/mol. The number of benzene rings is 1. The highest BCUT2D eigenvalue weighted by molar-refractivity contribution is 5.54. The summed E-state index contributed by atoms with van der Waals surface area (Å²) in [6.07, 6.45) is -5.00. The van der Waals surface area contributed by atoms with Crippen LogP contribution in [-0.2, 0) is 0 Å². The molecule has 0 heterocycles. The first-order chi connectivity index (χ1) is 7.81. The first kappa shape index (κ1) is 13.3. The Bertz CT molecular complexity index is 383. The maximum absolute atomic E-state index is 12.0. The Balaban J connectivity index is 3.02. The van der Waals surface area contributed by atoms with Crippen molar-refractivity contribution >= 4 is 5.69 Å². The Kier molecular flexibility index (Phi) is 3.94. The average Bonchev–Trinajstić information content (AvgIpc) is 2.17. The molecule has 96 valence electrons. The topological polar surface area (TPSA) is 56.5 Å². The van der Waals surface area contributed by atoms with Gasteiger partial charge in [-0.25, -0.2) is 0 Å². The van der Waals surface area contributed by atoms with E-state index in [-0.39, 0.29) is 5.69 Å². The summed E-state index contributed by atoms with van der Waals surface area (Å²) in [5, 5.41) is 0. The lowest BCUT2D eigenvalue weighted by Crippen LogP contribution is -2.18. The summed E-state index contributed by atoms with van der Waals surface area (Å²) in [6, 6.07) is 2.77. The Morgan fingerprint density at radius 3 is 2.29 bits per heavy atom. The third-order valence-electron chi connectivity index (χ3n) is 1.55. The van der Waals surface area contributed by atoms with Crippen molar-refractivity contribution in [2.24, 2.45) is 5.84 Å². The Labute approximate surface area is 92.1 Å². The van der Waals surface area contributed by atoms with Crippen LogP contribution >= 0.6 is 0 Å². The average molecular weight is 258 g/mol. The number of rotatable bonds is 4. The number of nitrogens with two attached hydrogens (primary N) is 1. The third-order valence-corrected chi connectivity index (χ3v) is 1.55. The molecule has 0 saturated carbocycles. The summed E-state index contributed by atoms with van der Waals surface area (Å²) in [5.41, 5.74) is 2.16. The van der Waals surface area contributed by atoms with Gasteiger partial charge in [0.25, 0.3) is 0 Å². The first-order valence-corrected chi connectivity index (χ1v) is 4.13. The monoisotopic (exact) mass is 258 g/mol. The van der Waals surface area contributed by atoms with Gasteiger partial charge in [0.1, 0.15) is 0 Å². The van der Waals surface area contributed by atoms with Gasteiger partial charge in [0, 0.05) is 6.07 Å². The highest BCUT2D eigenvalue weighted by Crippen LogP contribution is 2.35. The zero-order chi connectivity index (χ0) is 13.1. The van der Waals surface area contributed by atoms with Crippen molar-refractivity contribution in [1.82, 2.24) is 0 Å². The lowest BCUT2D eigenvalue weighted by atomic mass is 10.3. The van der Waals surface area contributed by atoms with Gasteiger partial charge in [-0.2, -0.15) is 8.78 Å². The molecule has 9 heteroatoms. The van der Waals surface area contributed by atoms with Crippen LogP contribution in [0.2, 0.25) is 0 Å². The lowest BCUT2D eigenvalue weighted by molar-refractivity contribution is -0.275. The fraction of sp³-hybridized carbons (Fsp3) is 0.250. The third kappa shape index (κ3) is 4.31. The predicted molar refractivity (Wildman–Crippen MR) is 47.6 cm³/mol. The summed E-state index contributed by atoms with van der Waals surface area (Å²) >= 11 is 0. The summed E-state index contributed by atoms with van der Waals surface area (Å²) in [5.74, 6) is 3.32. The van der Waals surface area contributed by atoms with Gasteiger partial charge in [-0.1, -0.05) is 0 Å². The molecule has 0 bridgehead atoms. The standard InChI is InChI=1S/C8H7F5N2O2/c9-7(10)16-6-3-4(15-14)1-2-5(6)17-8(11,12)13/h1-3,7,15H,14H2. The first-order valence-electron chi connectivity index (χ1n) is 4.13. The van der Waals surface area contributed by atoms with Crippen molar-refractivity contribution < 1.29 is 31.4 Å². The van der Waals surface area contributed by atoms with Gasteiger partial charge in [0.05, 0.1) is 5.69 Å². The minimum Gasteiger partial charge on any atom is -0.431 e. The largest absolute Gasteiger partial charge is 0.573 e. The normalized spacial score (nSPS) is 11.5. The van der Waals surface area contributed by atoms with Crippen LogP contribution in [0.5, 0.6) is 11.5 Å². The molecule has 0 aliphatic rings. The lowest BCUT2D eigenvalue weighted by Gasteiger charge is -2.14.